The molecule has 1 heterocycles. The fourth-order valence-corrected chi connectivity index (χ4v) is 2.96. The van der Waals surface area contributed by atoms with E-state index in [1.165, 1.54) is 0 Å². The Balaban J connectivity index is 2.30. The van der Waals surface area contributed by atoms with Gasteiger partial charge in [0.15, 0.2) is 0 Å². The van der Waals surface area contributed by atoms with Gasteiger partial charge in [-0.1, -0.05) is 35.3 Å². The standard InChI is InChI=1S/C14H13BrCl2N2/c1-9(10-4-3-5-11(16)6-10)19(2)14-13(15)7-12(17)8-18-14/h3-9H,1-2H3. The van der Waals surface area contributed by atoms with Gasteiger partial charge in [-0.25, -0.2) is 4.98 Å². The second-order valence-corrected chi connectivity index (χ2v) is 6.03. The molecule has 100 valence electrons. The molecule has 1 aromatic carbocycles. The topological polar surface area (TPSA) is 16.1 Å². The van der Waals surface area contributed by atoms with Crippen LogP contribution in [0.15, 0.2) is 41.0 Å². The van der Waals surface area contributed by atoms with Gasteiger partial charge in [0.25, 0.3) is 0 Å². The number of pyridine rings is 1. The van der Waals surface area contributed by atoms with Crippen LogP contribution >= 0.6 is 39.1 Å². The van der Waals surface area contributed by atoms with Crippen LogP contribution in [0.3, 0.4) is 0 Å². The quantitative estimate of drug-likeness (QED) is 0.734. The molecule has 2 nitrogen and oxygen atoms in total. The molecule has 0 fully saturated rings. The summed E-state index contributed by atoms with van der Waals surface area (Å²) >= 11 is 15.4. The van der Waals surface area contributed by atoms with E-state index in [1.54, 1.807) is 6.20 Å². The lowest BCUT2D eigenvalue weighted by molar-refractivity contribution is 0.727. The minimum absolute atomic E-state index is 0.156. The SMILES string of the molecule is CC(c1cccc(Cl)c1)N(C)c1ncc(Cl)cc1Br. The molecule has 1 aromatic heterocycles. The molecule has 0 saturated carbocycles. The molecule has 0 amide bonds. The van der Waals surface area contributed by atoms with Crippen LogP contribution in [0.25, 0.3) is 0 Å². The van der Waals surface area contributed by atoms with Crippen LogP contribution in [-0.2, 0) is 0 Å². The number of anilines is 1. The number of nitrogens with zero attached hydrogens (tertiary/aromatic N) is 2. The van der Waals surface area contributed by atoms with E-state index in [4.69, 9.17) is 23.2 Å². The number of rotatable bonds is 3. The molecule has 1 atom stereocenters. The number of halogens is 3. The van der Waals surface area contributed by atoms with Crippen LogP contribution in [-0.4, -0.2) is 12.0 Å². The molecule has 0 aliphatic carbocycles. The van der Waals surface area contributed by atoms with E-state index >= 15 is 0 Å². The third-order valence-corrected chi connectivity index (χ3v) is 4.06. The van der Waals surface area contributed by atoms with Gasteiger partial charge >= 0.3 is 0 Å². The zero-order valence-electron chi connectivity index (χ0n) is 10.6. The lowest BCUT2D eigenvalue weighted by Gasteiger charge is -2.27. The van der Waals surface area contributed by atoms with Crippen molar-refractivity contribution in [2.75, 3.05) is 11.9 Å². The molecular formula is C14H13BrCl2N2. The largest absolute Gasteiger partial charge is 0.352 e. The summed E-state index contributed by atoms with van der Waals surface area (Å²) in [5, 5.41) is 1.35. The molecule has 0 bridgehead atoms. The molecule has 1 unspecified atom stereocenters. The van der Waals surface area contributed by atoms with E-state index in [-0.39, 0.29) is 6.04 Å². The molecule has 19 heavy (non-hydrogen) atoms. The van der Waals surface area contributed by atoms with Gasteiger partial charge in [-0.05, 0) is 46.6 Å². The van der Waals surface area contributed by atoms with Crippen LogP contribution < -0.4 is 4.90 Å². The minimum atomic E-state index is 0.156. The fraction of sp³-hybridized carbons (Fsp3) is 0.214. The average molecular weight is 360 g/mol. The van der Waals surface area contributed by atoms with E-state index in [1.807, 2.05) is 31.3 Å². The maximum atomic E-state index is 6.03. The number of aromatic nitrogens is 1. The molecule has 0 radical (unpaired) electrons. The molecule has 0 saturated heterocycles. The summed E-state index contributed by atoms with van der Waals surface area (Å²) in [6.07, 6.45) is 1.64. The van der Waals surface area contributed by atoms with Crippen molar-refractivity contribution >= 4 is 44.9 Å². The van der Waals surface area contributed by atoms with Crippen molar-refractivity contribution in [1.82, 2.24) is 4.98 Å². The van der Waals surface area contributed by atoms with Gasteiger partial charge in [-0.2, -0.15) is 0 Å². The van der Waals surface area contributed by atoms with E-state index < -0.39 is 0 Å². The zero-order valence-corrected chi connectivity index (χ0v) is 13.7. The second-order valence-electron chi connectivity index (χ2n) is 4.30. The molecule has 2 aromatic rings. The summed E-state index contributed by atoms with van der Waals surface area (Å²) in [5.74, 6) is 0.844. The van der Waals surface area contributed by atoms with Gasteiger partial charge < -0.3 is 4.90 Å². The highest BCUT2D eigenvalue weighted by molar-refractivity contribution is 9.10. The van der Waals surface area contributed by atoms with Gasteiger partial charge in [0, 0.05) is 18.3 Å². The highest BCUT2D eigenvalue weighted by atomic mass is 79.9. The van der Waals surface area contributed by atoms with E-state index in [9.17, 15) is 0 Å². The monoisotopic (exact) mass is 358 g/mol. The lowest BCUT2D eigenvalue weighted by Crippen LogP contribution is -2.23. The molecular weight excluding hydrogens is 347 g/mol. The molecule has 2 rings (SSSR count). The van der Waals surface area contributed by atoms with E-state index in [0.29, 0.717) is 5.02 Å². The summed E-state index contributed by atoms with van der Waals surface area (Å²) in [6.45, 7) is 2.11. The first-order valence-corrected chi connectivity index (χ1v) is 7.33. The number of hydrogen-bond donors (Lipinski definition) is 0. The van der Waals surface area contributed by atoms with Crippen molar-refractivity contribution in [2.24, 2.45) is 0 Å². The minimum Gasteiger partial charge on any atom is -0.352 e. The molecule has 0 N–H and O–H groups in total. The Labute approximate surface area is 131 Å². The number of benzene rings is 1. The predicted molar refractivity (Wildman–Crippen MR) is 85.2 cm³/mol. The van der Waals surface area contributed by atoms with E-state index in [2.05, 4.69) is 38.8 Å². The van der Waals surface area contributed by atoms with Gasteiger partial charge in [-0.15, -0.1) is 0 Å². The van der Waals surface area contributed by atoms with Crippen molar-refractivity contribution < 1.29 is 0 Å². The maximum absolute atomic E-state index is 6.03. The Bertz CT molecular complexity index is 589. The first-order valence-electron chi connectivity index (χ1n) is 5.78. The summed E-state index contributed by atoms with van der Waals surface area (Å²) in [4.78, 5) is 6.44. The summed E-state index contributed by atoms with van der Waals surface area (Å²) in [6, 6.07) is 9.83. The zero-order chi connectivity index (χ0) is 14.0. The Hall–Kier alpha value is -0.770. The number of hydrogen-bond acceptors (Lipinski definition) is 2. The van der Waals surface area contributed by atoms with Crippen molar-refractivity contribution in [2.45, 2.75) is 13.0 Å². The van der Waals surface area contributed by atoms with Gasteiger partial charge in [-0.3, -0.25) is 0 Å². The van der Waals surface area contributed by atoms with Crippen molar-refractivity contribution in [1.29, 1.82) is 0 Å². The van der Waals surface area contributed by atoms with Crippen LogP contribution in [0.5, 0.6) is 0 Å². The average Bonchev–Trinajstić information content (AvgIpc) is 2.37. The van der Waals surface area contributed by atoms with Crippen LogP contribution in [0.1, 0.15) is 18.5 Å². The molecule has 5 heteroatoms. The third kappa shape index (κ3) is 3.41. The van der Waals surface area contributed by atoms with Gasteiger partial charge in [0.05, 0.1) is 15.5 Å². The van der Waals surface area contributed by atoms with Crippen LogP contribution in [0.2, 0.25) is 10.0 Å². The van der Waals surface area contributed by atoms with Crippen molar-refractivity contribution in [3.8, 4) is 0 Å². The van der Waals surface area contributed by atoms with Crippen molar-refractivity contribution in [3.63, 3.8) is 0 Å². The summed E-state index contributed by atoms with van der Waals surface area (Å²) in [5.41, 5.74) is 1.14. The fourth-order valence-electron chi connectivity index (χ4n) is 1.84. The molecule has 0 aliphatic rings. The summed E-state index contributed by atoms with van der Waals surface area (Å²) < 4.78 is 0.872. The Morgan fingerprint density at radius 2 is 1.95 bits per heavy atom. The maximum Gasteiger partial charge on any atom is 0.143 e. The lowest BCUT2D eigenvalue weighted by atomic mass is 10.1. The van der Waals surface area contributed by atoms with Crippen LogP contribution in [0.4, 0.5) is 5.82 Å². The Morgan fingerprint density at radius 1 is 1.21 bits per heavy atom. The predicted octanol–water partition coefficient (Wildman–Crippen LogP) is 5.35. The highest BCUT2D eigenvalue weighted by Gasteiger charge is 2.16. The second kappa shape index (κ2) is 6.12. The molecule has 0 spiro atoms. The van der Waals surface area contributed by atoms with Crippen LogP contribution in [0, 0.1) is 0 Å². The Morgan fingerprint density at radius 3 is 2.58 bits per heavy atom. The summed E-state index contributed by atoms with van der Waals surface area (Å²) in [7, 11) is 1.99. The smallest absolute Gasteiger partial charge is 0.143 e. The van der Waals surface area contributed by atoms with Gasteiger partial charge in [0.1, 0.15) is 5.82 Å². The first kappa shape index (κ1) is 14.6. The van der Waals surface area contributed by atoms with E-state index in [0.717, 1.165) is 20.9 Å². The molecule has 0 aliphatic heterocycles. The van der Waals surface area contributed by atoms with Crippen molar-refractivity contribution in [3.05, 3.63) is 56.6 Å². The van der Waals surface area contributed by atoms with Gasteiger partial charge in [0.2, 0.25) is 0 Å². The normalized spacial score (nSPS) is 12.3. The first-order chi connectivity index (χ1) is 8.99. The Kier molecular flexibility index (Phi) is 4.71. The highest BCUT2D eigenvalue weighted by Crippen LogP contribution is 2.31. The third-order valence-electron chi connectivity index (χ3n) is 3.03.